The molecule has 90 valence electrons. The molecule has 17 heavy (non-hydrogen) atoms. The van der Waals surface area contributed by atoms with Gasteiger partial charge in [-0.15, -0.1) is 5.10 Å². The molecule has 0 aliphatic heterocycles. The molecule has 0 aliphatic rings. The number of hydrogen-bond donors (Lipinski definition) is 1. The van der Waals surface area contributed by atoms with Crippen LogP contribution in [0.25, 0.3) is 5.82 Å². The minimum atomic E-state index is 0.225. The van der Waals surface area contributed by atoms with E-state index in [0.717, 1.165) is 23.0 Å². The third-order valence-electron chi connectivity index (χ3n) is 2.79. The molecular formula is C12H17N5. The van der Waals surface area contributed by atoms with E-state index in [4.69, 9.17) is 0 Å². The Bertz CT molecular complexity index is 517. The van der Waals surface area contributed by atoms with E-state index in [-0.39, 0.29) is 6.04 Å². The van der Waals surface area contributed by atoms with Gasteiger partial charge in [-0.3, -0.25) is 0 Å². The summed E-state index contributed by atoms with van der Waals surface area (Å²) in [6.07, 6.45) is 1.78. The van der Waals surface area contributed by atoms with Crippen molar-refractivity contribution < 1.29 is 0 Å². The molecule has 5 nitrogen and oxygen atoms in total. The fourth-order valence-electron chi connectivity index (χ4n) is 1.80. The predicted molar refractivity (Wildman–Crippen MR) is 66.1 cm³/mol. The Morgan fingerprint density at radius 3 is 2.71 bits per heavy atom. The summed E-state index contributed by atoms with van der Waals surface area (Å²) >= 11 is 0. The van der Waals surface area contributed by atoms with Gasteiger partial charge in [-0.05, 0) is 33.9 Å². The van der Waals surface area contributed by atoms with Gasteiger partial charge < -0.3 is 5.32 Å². The Labute approximate surface area is 101 Å². The summed E-state index contributed by atoms with van der Waals surface area (Å²) in [6, 6.07) is 4.22. The van der Waals surface area contributed by atoms with Crippen molar-refractivity contribution in [1.82, 2.24) is 25.1 Å². The molecule has 0 radical (unpaired) electrons. The summed E-state index contributed by atoms with van der Waals surface area (Å²) in [5.41, 5.74) is 1.11. The number of rotatable bonds is 3. The highest BCUT2D eigenvalue weighted by Crippen LogP contribution is 2.19. The van der Waals surface area contributed by atoms with E-state index >= 15 is 0 Å². The molecule has 1 unspecified atom stereocenters. The Kier molecular flexibility index (Phi) is 3.19. The molecule has 0 fully saturated rings. The minimum Gasteiger partial charge on any atom is -0.313 e. The number of hydrogen-bond acceptors (Lipinski definition) is 4. The third kappa shape index (κ3) is 2.19. The smallest absolute Gasteiger partial charge is 0.160 e. The van der Waals surface area contributed by atoms with E-state index in [0.29, 0.717) is 0 Å². The summed E-state index contributed by atoms with van der Waals surface area (Å²) < 4.78 is 1.79. The largest absolute Gasteiger partial charge is 0.313 e. The Morgan fingerprint density at radius 1 is 1.35 bits per heavy atom. The van der Waals surface area contributed by atoms with Crippen molar-refractivity contribution in [2.24, 2.45) is 0 Å². The van der Waals surface area contributed by atoms with Crippen LogP contribution in [0.1, 0.15) is 30.2 Å². The molecular weight excluding hydrogens is 214 g/mol. The van der Waals surface area contributed by atoms with Crippen molar-refractivity contribution in [3.8, 4) is 5.82 Å². The summed E-state index contributed by atoms with van der Waals surface area (Å²) in [6.45, 7) is 5.91. The molecule has 0 spiro atoms. The fraction of sp³-hybridized carbons (Fsp3) is 0.417. The van der Waals surface area contributed by atoms with Crippen molar-refractivity contribution in [1.29, 1.82) is 0 Å². The van der Waals surface area contributed by atoms with E-state index in [9.17, 15) is 0 Å². The van der Waals surface area contributed by atoms with Crippen molar-refractivity contribution in [2.75, 3.05) is 7.05 Å². The first-order chi connectivity index (χ1) is 8.13. The molecule has 0 saturated heterocycles. The van der Waals surface area contributed by atoms with Gasteiger partial charge in [0, 0.05) is 17.8 Å². The highest BCUT2D eigenvalue weighted by atomic mass is 15.4. The van der Waals surface area contributed by atoms with Crippen LogP contribution in [0.4, 0.5) is 0 Å². The summed E-state index contributed by atoms with van der Waals surface area (Å²) in [4.78, 5) is 8.72. The maximum atomic E-state index is 4.41. The predicted octanol–water partition coefficient (Wildman–Crippen LogP) is 1.56. The first-order valence-electron chi connectivity index (χ1n) is 5.66. The van der Waals surface area contributed by atoms with E-state index in [2.05, 4.69) is 33.4 Å². The molecule has 0 aliphatic carbocycles. The fourth-order valence-corrected chi connectivity index (χ4v) is 1.80. The van der Waals surface area contributed by atoms with Crippen LogP contribution < -0.4 is 5.32 Å². The van der Waals surface area contributed by atoms with Gasteiger partial charge in [0.05, 0.1) is 0 Å². The molecule has 2 aromatic rings. The van der Waals surface area contributed by atoms with Gasteiger partial charge in [0.1, 0.15) is 11.6 Å². The second-order valence-electron chi connectivity index (χ2n) is 4.04. The van der Waals surface area contributed by atoms with Crippen molar-refractivity contribution in [2.45, 2.75) is 26.8 Å². The normalized spacial score (nSPS) is 12.7. The minimum absolute atomic E-state index is 0.225. The Hall–Kier alpha value is -1.75. The number of pyridine rings is 1. The van der Waals surface area contributed by atoms with Gasteiger partial charge in [0.2, 0.25) is 0 Å². The van der Waals surface area contributed by atoms with Crippen molar-refractivity contribution in [3.05, 3.63) is 35.5 Å². The highest BCUT2D eigenvalue weighted by molar-refractivity contribution is 5.35. The Balaban J connectivity index is 2.55. The van der Waals surface area contributed by atoms with Gasteiger partial charge in [0.25, 0.3) is 0 Å². The zero-order valence-corrected chi connectivity index (χ0v) is 10.6. The average Bonchev–Trinajstić information content (AvgIpc) is 2.67. The van der Waals surface area contributed by atoms with E-state index in [1.165, 1.54) is 0 Å². The molecule has 0 saturated carbocycles. The molecule has 0 bridgehead atoms. The van der Waals surface area contributed by atoms with Gasteiger partial charge in [0.15, 0.2) is 5.82 Å². The van der Waals surface area contributed by atoms with Crippen LogP contribution in [0.3, 0.4) is 0 Å². The van der Waals surface area contributed by atoms with Crippen LogP contribution in [-0.2, 0) is 0 Å². The molecule has 1 N–H and O–H groups in total. The summed E-state index contributed by atoms with van der Waals surface area (Å²) in [5, 5.41) is 7.59. The maximum absolute atomic E-state index is 4.41. The average molecular weight is 231 g/mol. The zero-order chi connectivity index (χ0) is 12.4. The first kappa shape index (κ1) is 11.7. The van der Waals surface area contributed by atoms with Crippen molar-refractivity contribution in [3.63, 3.8) is 0 Å². The second-order valence-corrected chi connectivity index (χ2v) is 4.04. The topological polar surface area (TPSA) is 55.6 Å². The molecule has 0 aromatic carbocycles. The molecule has 2 aromatic heterocycles. The van der Waals surface area contributed by atoms with Crippen molar-refractivity contribution >= 4 is 0 Å². The number of aryl methyl sites for hydroxylation is 2. The lowest BCUT2D eigenvalue weighted by molar-refractivity contribution is 0.636. The number of nitrogens with zero attached hydrogens (tertiary/aromatic N) is 4. The Morgan fingerprint density at radius 2 is 2.12 bits per heavy atom. The monoisotopic (exact) mass is 231 g/mol. The zero-order valence-electron chi connectivity index (χ0n) is 10.6. The van der Waals surface area contributed by atoms with E-state index < -0.39 is 0 Å². The molecule has 2 heterocycles. The lowest BCUT2D eigenvalue weighted by atomic mass is 10.1. The number of aromatic nitrogens is 4. The summed E-state index contributed by atoms with van der Waals surface area (Å²) in [7, 11) is 1.93. The second kappa shape index (κ2) is 4.63. The van der Waals surface area contributed by atoms with E-state index in [1.807, 2.05) is 27.0 Å². The lowest BCUT2D eigenvalue weighted by Crippen LogP contribution is -2.16. The third-order valence-corrected chi connectivity index (χ3v) is 2.79. The van der Waals surface area contributed by atoms with Crippen LogP contribution in [0, 0.1) is 13.8 Å². The van der Waals surface area contributed by atoms with Crippen LogP contribution in [0.15, 0.2) is 18.3 Å². The first-order valence-corrected chi connectivity index (χ1v) is 5.66. The summed E-state index contributed by atoms with van der Waals surface area (Å²) in [5.74, 6) is 2.45. The van der Waals surface area contributed by atoms with Gasteiger partial charge in [-0.1, -0.05) is 6.07 Å². The maximum Gasteiger partial charge on any atom is 0.160 e. The molecule has 0 amide bonds. The number of nitrogens with one attached hydrogen (secondary N) is 1. The lowest BCUT2D eigenvalue weighted by Gasteiger charge is -2.14. The molecule has 1 atom stereocenters. The van der Waals surface area contributed by atoms with Crippen LogP contribution in [0.2, 0.25) is 0 Å². The highest BCUT2D eigenvalue weighted by Gasteiger charge is 2.14. The van der Waals surface area contributed by atoms with Gasteiger partial charge in [-0.2, -0.15) is 4.68 Å². The van der Waals surface area contributed by atoms with Gasteiger partial charge >= 0.3 is 0 Å². The molecule has 2 rings (SSSR count). The quantitative estimate of drug-likeness (QED) is 0.871. The molecule has 5 heteroatoms. The van der Waals surface area contributed by atoms with Crippen LogP contribution >= 0.6 is 0 Å². The van der Waals surface area contributed by atoms with E-state index in [1.54, 1.807) is 10.9 Å². The van der Waals surface area contributed by atoms with Crippen LogP contribution in [0.5, 0.6) is 0 Å². The SMILES string of the molecule is CNC(C)c1cccnc1-n1nc(C)nc1C. The standard InChI is InChI=1S/C12H17N5/c1-8(13-4)11-6-5-7-14-12(11)17-10(3)15-9(2)16-17/h5-8,13H,1-4H3. The van der Waals surface area contributed by atoms with Gasteiger partial charge in [-0.25, -0.2) is 9.97 Å². The van der Waals surface area contributed by atoms with Crippen LogP contribution in [-0.4, -0.2) is 26.8 Å².